The first-order chi connectivity index (χ1) is 14.0. The van der Waals surface area contributed by atoms with Crippen LogP contribution in [0, 0.1) is 0 Å². The fourth-order valence-electron chi connectivity index (χ4n) is 2.72. The van der Waals surface area contributed by atoms with E-state index in [9.17, 15) is 4.79 Å². The van der Waals surface area contributed by atoms with Crippen LogP contribution in [0.4, 0.5) is 5.69 Å². The minimum atomic E-state index is -0.953. The van der Waals surface area contributed by atoms with Gasteiger partial charge in [-0.2, -0.15) is 0 Å². The lowest BCUT2D eigenvalue weighted by Gasteiger charge is -2.15. The van der Waals surface area contributed by atoms with Crippen LogP contribution in [0.3, 0.4) is 0 Å². The molecule has 0 amide bonds. The van der Waals surface area contributed by atoms with Gasteiger partial charge in [-0.1, -0.05) is 34.1 Å². The molecule has 7 heteroatoms. The molecule has 0 aliphatic heterocycles. The van der Waals surface area contributed by atoms with Gasteiger partial charge in [0.25, 0.3) is 0 Å². The molecule has 0 saturated carbocycles. The number of carbonyl (C=O) groups is 1. The molecule has 3 aromatic carbocycles. The van der Waals surface area contributed by atoms with Gasteiger partial charge in [-0.3, -0.25) is 0 Å². The highest BCUT2D eigenvalue weighted by molar-refractivity contribution is 9.10. The third-order valence-corrected chi connectivity index (χ3v) is 5.31. The van der Waals surface area contributed by atoms with Crippen LogP contribution in [0.5, 0.6) is 11.5 Å². The summed E-state index contributed by atoms with van der Waals surface area (Å²) in [4.78, 5) is 11.1. The Morgan fingerprint density at radius 1 is 1.03 bits per heavy atom. The molecule has 0 spiro atoms. The van der Waals surface area contributed by atoms with E-state index < -0.39 is 5.97 Å². The predicted octanol–water partition coefficient (Wildman–Crippen LogP) is 6.11. The van der Waals surface area contributed by atoms with Crippen LogP contribution in [0.1, 0.15) is 21.5 Å². The molecule has 5 nitrogen and oxygen atoms in total. The fraction of sp³-hybridized carbons (Fsp3) is 0.136. The number of methoxy groups -OCH3 is 1. The molecule has 3 aromatic rings. The highest BCUT2D eigenvalue weighted by atomic mass is 79.9. The van der Waals surface area contributed by atoms with E-state index in [1.165, 1.54) is 0 Å². The zero-order valence-electron chi connectivity index (χ0n) is 15.6. The summed E-state index contributed by atoms with van der Waals surface area (Å²) in [6.45, 7) is 0.923. The molecular formula is C22H19Br2NO4. The highest BCUT2D eigenvalue weighted by Gasteiger charge is 2.12. The summed E-state index contributed by atoms with van der Waals surface area (Å²) in [5.74, 6) is 0.296. The van der Waals surface area contributed by atoms with Crippen molar-refractivity contribution in [1.29, 1.82) is 0 Å². The topological polar surface area (TPSA) is 67.8 Å². The Bertz CT molecular complexity index is 1010. The first-order valence-corrected chi connectivity index (χ1v) is 10.4. The summed E-state index contributed by atoms with van der Waals surface area (Å²) >= 11 is 6.99. The van der Waals surface area contributed by atoms with Gasteiger partial charge in [0.2, 0.25) is 0 Å². The van der Waals surface area contributed by atoms with E-state index in [1.807, 2.05) is 42.5 Å². The van der Waals surface area contributed by atoms with Crippen molar-refractivity contribution in [2.75, 3.05) is 12.4 Å². The number of halogens is 2. The largest absolute Gasteiger partial charge is 0.493 e. The van der Waals surface area contributed by atoms with Gasteiger partial charge in [-0.15, -0.1) is 0 Å². The quantitative estimate of drug-likeness (QED) is 0.375. The molecule has 150 valence electrons. The van der Waals surface area contributed by atoms with E-state index >= 15 is 0 Å². The Kier molecular flexibility index (Phi) is 7.17. The van der Waals surface area contributed by atoms with Gasteiger partial charge in [-0.05, 0) is 69.5 Å². The number of aromatic carboxylic acids is 1. The van der Waals surface area contributed by atoms with Crippen molar-refractivity contribution in [1.82, 2.24) is 0 Å². The van der Waals surface area contributed by atoms with Gasteiger partial charge in [-0.25, -0.2) is 4.79 Å². The summed E-state index contributed by atoms with van der Waals surface area (Å²) < 4.78 is 13.3. The summed E-state index contributed by atoms with van der Waals surface area (Å²) in [6, 6.07) is 18.5. The van der Waals surface area contributed by atoms with Crippen molar-refractivity contribution < 1.29 is 19.4 Å². The molecule has 0 aliphatic rings. The smallest absolute Gasteiger partial charge is 0.335 e. The average molecular weight is 521 g/mol. The van der Waals surface area contributed by atoms with Crippen LogP contribution in [-0.4, -0.2) is 18.2 Å². The second kappa shape index (κ2) is 9.80. The normalized spacial score (nSPS) is 10.4. The minimum absolute atomic E-state index is 0.241. The summed E-state index contributed by atoms with van der Waals surface area (Å²) in [6.07, 6.45) is 0. The third-order valence-electron chi connectivity index (χ3n) is 4.19. The number of benzene rings is 3. The first kappa shape index (κ1) is 21.2. The Labute approximate surface area is 185 Å². The molecule has 0 atom stereocenters. The summed E-state index contributed by atoms with van der Waals surface area (Å²) in [5.41, 5.74) is 2.98. The third kappa shape index (κ3) is 5.74. The molecule has 0 radical (unpaired) electrons. The molecule has 0 saturated heterocycles. The van der Waals surface area contributed by atoms with Crippen LogP contribution in [0.2, 0.25) is 0 Å². The van der Waals surface area contributed by atoms with Gasteiger partial charge in [0.1, 0.15) is 6.61 Å². The van der Waals surface area contributed by atoms with Gasteiger partial charge in [0.05, 0.1) is 17.1 Å². The van der Waals surface area contributed by atoms with E-state index in [4.69, 9.17) is 14.6 Å². The summed E-state index contributed by atoms with van der Waals surface area (Å²) in [7, 11) is 1.60. The van der Waals surface area contributed by atoms with Crippen LogP contribution in [-0.2, 0) is 13.2 Å². The number of carboxylic acid groups (broad SMARTS) is 1. The Hall–Kier alpha value is -2.51. The van der Waals surface area contributed by atoms with E-state index in [2.05, 4.69) is 37.2 Å². The zero-order valence-corrected chi connectivity index (χ0v) is 18.8. The van der Waals surface area contributed by atoms with Crippen molar-refractivity contribution in [2.24, 2.45) is 0 Å². The van der Waals surface area contributed by atoms with Gasteiger partial charge < -0.3 is 19.9 Å². The van der Waals surface area contributed by atoms with E-state index in [-0.39, 0.29) is 5.56 Å². The molecule has 0 heterocycles. The van der Waals surface area contributed by atoms with Crippen molar-refractivity contribution >= 4 is 43.5 Å². The van der Waals surface area contributed by atoms with Crippen LogP contribution in [0.15, 0.2) is 69.6 Å². The average Bonchev–Trinajstić information content (AvgIpc) is 2.72. The standard InChI is InChI=1S/C22H19Br2NO4/c1-28-20-10-15(12-25-18-4-2-3-16(11-18)22(26)27)9-19(24)21(20)29-13-14-5-7-17(23)8-6-14/h2-11,25H,12-13H2,1H3,(H,26,27). The molecule has 29 heavy (non-hydrogen) atoms. The zero-order chi connectivity index (χ0) is 20.8. The number of nitrogens with one attached hydrogen (secondary N) is 1. The number of hydrogen-bond acceptors (Lipinski definition) is 4. The van der Waals surface area contributed by atoms with Gasteiger partial charge in [0.15, 0.2) is 11.5 Å². The van der Waals surface area contributed by atoms with Crippen molar-refractivity contribution in [3.8, 4) is 11.5 Å². The maximum Gasteiger partial charge on any atom is 0.335 e. The second-order valence-electron chi connectivity index (χ2n) is 6.26. The lowest BCUT2D eigenvalue weighted by molar-refractivity contribution is 0.0697. The Balaban J connectivity index is 1.71. The molecule has 2 N–H and O–H groups in total. The molecule has 0 unspecified atom stereocenters. The van der Waals surface area contributed by atoms with E-state index in [0.717, 1.165) is 25.8 Å². The number of rotatable bonds is 8. The first-order valence-electron chi connectivity index (χ1n) is 8.77. The lowest BCUT2D eigenvalue weighted by atomic mass is 10.1. The number of ether oxygens (including phenoxy) is 2. The number of carboxylic acids is 1. The maximum atomic E-state index is 11.1. The van der Waals surface area contributed by atoms with Crippen molar-refractivity contribution in [3.63, 3.8) is 0 Å². The molecule has 0 bridgehead atoms. The molecule has 0 aromatic heterocycles. The summed E-state index contributed by atoms with van der Waals surface area (Å²) in [5, 5.41) is 12.3. The second-order valence-corrected chi connectivity index (χ2v) is 8.03. The van der Waals surface area contributed by atoms with E-state index in [1.54, 1.807) is 25.3 Å². The highest BCUT2D eigenvalue weighted by Crippen LogP contribution is 2.37. The lowest BCUT2D eigenvalue weighted by Crippen LogP contribution is -2.04. The van der Waals surface area contributed by atoms with Crippen LogP contribution >= 0.6 is 31.9 Å². The molecular weight excluding hydrogens is 502 g/mol. The van der Waals surface area contributed by atoms with Gasteiger partial charge in [0, 0.05) is 16.7 Å². The monoisotopic (exact) mass is 519 g/mol. The van der Waals surface area contributed by atoms with Crippen LogP contribution in [0.25, 0.3) is 0 Å². The molecule has 3 rings (SSSR count). The minimum Gasteiger partial charge on any atom is -0.493 e. The maximum absolute atomic E-state index is 11.1. The Morgan fingerprint density at radius 2 is 1.79 bits per heavy atom. The number of hydrogen-bond donors (Lipinski definition) is 2. The Morgan fingerprint density at radius 3 is 2.48 bits per heavy atom. The van der Waals surface area contributed by atoms with Gasteiger partial charge >= 0.3 is 5.97 Å². The molecule has 0 fully saturated rings. The van der Waals surface area contributed by atoms with E-state index in [0.29, 0.717) is 24.7 Å². The van der Waals surface area contributed by atoms with Crippen molar-refractivity contribution in [3.05, 3.63) is 86.3 Å². The fourth-order valence-corrected chi connectivity index (χ4v) is 3.59. The molecule has 0 aliphatic carbocycles. The van der Waals surface area contributed by atoms with Crippen molar-refractivity contribution in [2.45, 2.75) is 13.2 Å². The predicted molar refractivity (Wildman–Crippen MR) is 120 cm³/mol. The SMILES string of the molecule is COc1cc(CNc2cccc(C(=O)O)c2)cc(Br)c1OCc1ccc(Br)cc1. The number of anilines is 1. The van der Waals surface area contributed by atoms with Crippen LogP contribution < -0.4 is 14.8 Å².